The molecule has 0 spiro atoms. The second-order valence-electron chi connectivity index (χ2n) is 4.13. The third-order valence-corrected chi connectivity index (χ3v) is 1.33. The fourth-order valence-electron chi connectivity index (χ4n) is 0.633. The molecule has 0 aliphatic heterocycles. The smallest absolute Gasteiger partial charge is 0.141 e. The van der Waals surface area contributed by atoms with Gasteiger partial charge in [0.05, 0.1) is 21.1 Å². The Labute approximate surface area is 143 Å². The van der Waals surface area contributed by atoms with E-state index in [1.54, 1.807) is 6.92 Å². The lowest BCUT2D eigenvalue weighted by molar-refractivity contribution is -0.862. The van der Waals surface area contributed by atoms with Gasteiger partial charge in [0.1, 0.15) is 6.54 Å². The summed E-state index contributed by atoms with van der Waals surface area (Å²) in [4.78, 5) is 0. The molecule has 0 fully saturated rings. The van der Waals surface area contributed by atoms with Crippen molar-refractivity contribution in [1.82, 2.24) is 0 Å². The van der Waals surface area contributed by atoms with E-state index in [9.17, 15) is 0 Å². The van der Waals surface area contributed by atoms with Crippen molar-refractivity contribution in [2.45, 2.75) is 6.92 Å². The number of nitrogens with zero attached hydrogens (tertiary/aromatic N) is 1. The molecule has 0 atom stereocenters. The maximum absolute atomic E-state index is 2.96. The number of halogens is 1. The third-order valence-electron chi connectivity index (χ3n) is 1.33. The third kappa shape index (κ3) is 18.2. The second kappa shape index (κ2) is 12.1. The predicted octanol–water partition coefficient (Wildman–Crippen LogP) is 1.18. The molecule has 0 saturated carbocycles. The van der Waals surface area contributed by atoms with Crippen LogP contribution in [0.5, 0.6) is 0 Å². The number of hydrogen-bond acceptors (Lipinski definition) is 0. The van der Waals surface area contributed by atoms with Gasteiger partial charge in [0.25, 0.3) is 0 Å². The lowest BCUT2D eigenvalue weighted by Gasteiger charge is -2.19. The predicted molar refractivity (Wildman–Crippen MR) is 105 cm³/mol. The molecular formula is C17H42ClN. The minimum absolute atomic E-state index is 0. The highest BCUT2D eigenvalue weighted by Crippen LogP contribution is 1.84. The molecule has 0 aliphatic rings. The molecule has 19 heavy (non-hydrogen) atoms. The first-order chi connectivity index (χ1) is 8.56. The topological polar surface area (TPSA) is 0 Å². The van der Waals surface area contributed by atoms with Gasteiger partial charge in [-0.15, -0.1) is 0 Å². The first-order valence-corrected chi connectivity index (χ1v) is 5.26. The highest BCUT2D eigenvalue weighted by molar-refractivity contribution is 5.43. The van der Waals surface area contributed by atoms with E-state index in [1.807, 2.05) is 0 Å². The highest BCUT2D eigenvalue weighted by atomic mass is 35.5. The van der Waals surface area contributed by atoms with E-state index in [4.69, 9.17) is 0 Å². The maximum atomic E-state index is 2.96. The molecule has 0 aromatic carbocycles. The van der Waals surface area contributed by atoms with Crippen molar-refractivity contribution < 1.29 is 36.9 Å². The summed E-state index contributed by atoms with van der Waals surface area (Å²) in [6.07, 6.45) is 0. The zero-order valence-corrected chi connectivity index (χ0v) is 12.3. The summed E-state index contributed by atoms with van der Waals surface area (Å²) in [5.74, 6) is 31.5. The zero-order chi connectivity index (χ0) is 13.7. The molecule has 0 unspecified atom stereocenters. The molecule has 0 bridgehead atoms. The Morgan fingerprint density at radius 3 is 1.42 bits per heavy atom. The SMILES string of the molecule is CC#CC#CC#CC#CC#CC#CC[N+](C)(C)C.[Cl-].[HH].[HH].[HH].[HH].[HH].[HH].[HH].[HH].[HH].[HH].[HH].[HH].[HH].[HH]. The molecule has 0 N–H and O–H groups in total. The molecule has 0 amide bonds. The van der Waals surface area contributed by atoms with Crippen molar-refractivity contribution >= 4 is 0 Å². The Morgan fingerprint density at radius 1 is 0.684 bits per heavy atom. The quantitative estimate of drug-likeness (QED) is 0.503. The fraction of sp³-hybridized carbons (Fsp3) is 0.294. The van der Waals surface area contributed by atoms with Crippen LogP contribution >= 0.6 is 0 Å². The van der Waals surface area contributed by atoms with E-state index in [1.165, 1.54) is 0 Å². The Morgan fingerprint density at radius 2 is 1.05 bits per heavy atom. The summed E-state index contributed by atoms with van der Waals surface area (Å²) in [6.45, 7) is 2.48. The summed E-state index contributed by atoms with van der Waals surface area (Å²) in [7, 11) is 6.21. The van der Waals surface area contributed by atoms with E-state index in [2.05, 4.69) is 92.2 Å². The van der Waals surface area contributed by atoms with Crippen LogP contribution in [-0.2, 0) is 0 Å². The van der Waals surface area contributed by atoms with Crippen LogP contribution in [0.4, 0.5) is 0 Å². The van der Waals surface area contributed by atoms with Crippen LogP contribution in [0, 0.1) is 71.0 Å². The van der Waals surface area contributed by atoms with Crippen molar-refractivity contribution in [1.29, 1.82) is 0 Å². The first-order valence-electron chi connectivity index (χ1n) is 5.26. The Bertz CT molecular complexity index is 672. The average Bonchev–Trinajstić information content (AvgIpc) is 2.29. The van der Waals surface area contributed by atoms with Crippen molar-refractivity contribution in [2.24, 2.45) is 0 Å². The highest BCUT2D eigenvalue weighted by Gasteiger charge is 2.00. The van der Waals surface area contributed by atoms with Crippen LogP contribution in [0.25, 0.3) is 0 Å². The molecule has 0 aliphatic carbocycles. The minimum Gasteiger partial charge on any atom is -1.00 e. The van der Waals surface area contributed by atoms with Crippen molar-refractivity contribution in [3.63, 3.8) is 0 Å². The van der Waals surface area contributed by atoms with Gasteiger partial charge in [0.15, 0.2) is 0 Å². The van der Waals surface area contributed by atoms with Crippen LogP contribution in [0.15, 0.2) is 0 Å². The van der Waals surface area contributed by atoms with Crippen molar-refractivity contribution in [3.05, 3.63) is 0 Å². The van der Waals surface area contributed by atoms with Gasteiger partial charge in [-0.05, 0) is 72.0 Å². The van der Waals surface area contributed by atoms with Gasteiger partial charge in [-0.2, -0.15) is 0 Å². The van der Waals surface area contributed by atoms with E-state index in [-0.39, 0.29) is 32.4 Å². The monoisotopic (exact) mass is 295 g/mol. The molecule has 0 rings (SSSR count). The van der Waals surface area contributed by atoms with Gasteiger partial charge >= 0.3 is 0 Å². The first kappa shape index (κ1) is 19.0. The number of hydrogen-bond donors (Lipinski definition) is 0. The summed E-state index contributed by atoms with van der Waals surface area (Å²) in [5, 5.41) is 0. The average molecular weight is 296 g/mol. The lowest BCUT2D eigenvalue weighted by Crippen LogP contribution is -3.00. The van der Waals surface area contributed by atoms with Crippen molar-refractivity contribution in [3.8, 4) is 71.0 Å². The Kier molecular flexibility index (Phi) is 12.1. The van der Waals surface area contributed by atoms with Crippen LogP contribution in [-0.4, -0.2) is 32.2 Å². The molecule has 122 valence electrons. The van der Waals surface area contributed by atoms with E-state index >= 15 is 0 Å². The largest absolute Gasteiger partial charge is 1.00 e. The van der Waals surface area contributed by atoms with E-state index in [0.29, 0.717) is 0 Å². The molecule has 0 aromatic heterocycles. The number of quaternary nitrogens is 1. The van der Waals surface area contributed by atoms with Gasteiger partial charge in [0.2, 0.25) is 0 Å². The van der Waals surface area contributed by atoms with E-state index in [0.717, 1.165) is 11.0 Å². The minimum atomic E-state index is 0. The molecule has 2 heteroatoms. The molecule has 0 saturated heterocycles. The number of rotatable bonds is 1. The van der Waals surface area contributed by atoms with Gasteiger partial charge in [0, 0.05) is 20.0 Å². The summed E-state index contributed by atoms with van der Waals surface area (Å²) in [6, 6.07) is 0. The molecule has 0 heterocycles. The molecule has 1 nitrogen and oxygen atoms in total. The summed E-state index contributed by atoms with van der Waals surface area (Å²) < 4.78 is 0.797. The van der Waals surface area contributed by atoms with Crippen LogP contribution in [0.2, 0.25) is 0 Å². The molecule has 0 radical (unpaired) electrons. The van der Waals surface area contributed by atoms with Crippen molar-refractivity contribution in [2.75, 3.05) is 27.7 Å². The Hall–Kier alpha value is -2.39. The summed E-state index contributed by atoms with van der Waals surface area (Å²) in [5.41, 5.74) is 0. The lowest BCUT2D eigenvalue weighted by atomic mass is 10.4. The van der Waals surface area contributed by atoms with Crippen LogP contribution in [0.3, 0.4) is 0 Å². The second-order valence-corrected chi connectivity index (χ2v) is 4.13. The van der Waals surface area contributed by atoms with Gasteiger partial charge in [-0.25, -0.2) is 0 Å². The maximum Gasteiger partial charge on any atom is 0.141 e. The van der Waals surface area contributed by atoms with Gasteiger partial charge in [-0.1, -0.05) is 5.92 Å². The van der Waals surface area contributed by atoms with Gasteiger partial charge < -0.3 is 16.9 Å². The molecule has 0 aromatic rings. The Balaban J connectivity index is -0.0000000138. The van der Waals surface area contributed by atoms with Crippen LogP contribution < -0.4 is 12.4 Å². The summed E-state index contributed by atoms with van der Waals surface area (Å²) >= 11 is 0. The normalized spacial score (nSPS) is 6.32. The molecular weight excluding hydrogens is 254 g/mol. The zero-order valence-electron chi connectivity index (χ0n) is 11.5. The van der Waals surface area contributed by atoms with Gasteiger partial charge in [-0.3, -0.25) is 0 Å². The standard InChI is InChI=1S/C17H14N.ClH.14H2/c1-5-6-7-8-9-10-11-12-13-14-15-16-17-18(2,3)4;;;;;;;;;;;;;;;/h17H2,1-4H3;15*1H/q+1;;;;;;;;;;;;;;;/p-1. The van der Waals surface area contributed by atoms with Crippen LogP contribution in [0.1, 0.15) is 26.9 Å². The van der Waals surface area contributed by atoms with E-state index < -0.39 is 0 Å². The fourth-order valence-corrected chi connectivity index (χ4v) is 0.633.